The third-order valence-electron chi connectivity index (χ3n) is 0.876. The largest absolute Gasteiger partial charge is 0.240 e. The fourth-order valence-electron chi connectivity index (χ4n) is 0.450. The molecule has 0 atom stereocenters. The minimum absolute atomic E-state index is 0.393. The van der Waals surface area contributed by atoms with Crippen LogP contribution in [0.2, 0.25) is 5.15 Å². The van der Waals surface area contributed by atoms with Crippen molar-refractivity contribution in [2.24, 2.45) is 0 Å². The van der Waals surface area contributed by atoms with Gasteiger partial charge >= 0.3 is 0 Å². The Balaban J connectivity index is 3.04. The number of aromatic nitrogens is 2. The number of halogens is 3. The van der Waals surface area contributed by atoms with E-state index >= 15 is 0 Å². The lowest BCUT2D eigenvalue weighted by atomic mass is 10.5. The van der Waals surface area contributed by atoms with Crippen LogP contribution < -0.4 is 0 Å². The molecule has 2 nitrogen and oxygen atoms in total. The zero-order valence-electron chi connectivity index (χ0n) is 4.81. The molecule has 5 heteroatoms. The fourth-order valence-corrected chi connectivity index (χ4v) is 1.14. The summed E-state index contributed by atoms with van der Waals surface area (Å²) in [7, 11) is 0. The lowest BCUT2D eigenvalue weighted by Gasteiger charge is -1.95. The van der Waals surface area contributed by atoms with Crippen LogP contribution in [-0.4, -0.2) is 9.97 Å². The summed E-state index contributed by atoms with van der Waals surface area (Å²) in [6, 6.07) is 0. The highest BCUT2D eigenvalue weighted by Gasteiger charge is 1.99. The average molecular weight is 286 g/mol. The van der Waals surface area contributed by atoms with E-state index in [0.29, 0.717) is 15.1 Å². The molecule has 1 aromatic heterocycles. The zero-order chi connectivity index (χ0) is 7.56. The second kappa shape index (κ2) is 3.64. The minimum atomic E-state index is 0.393. The third-order valence-corrected chi connectivity index (χ3v) is 2.51. The summed E-state index contributed by atoms with van der Waals surface area (Å²) in [6.45, 7) is 0. The van der Waals surface area contributed by atoms with Crippen molar-refractivity contribution in [3.8, 4) is 0 Å². The highest BCUT2D eigenvalue weighted by Crippen LogP contribution is 2.17. The molecule has 0 saturated heterocycles. The van der Waals surface area contributed by atoms with E-state index in [1.165, 1.54) is 0 Å². The number of hydrogen-bond donors (Lipinski definition) is 0. The van der Waals surface area contributed by atoms with Gasteiger partial charge in [0.05, 0.1) is 11.9 Å². The number of rotatable bonds is 1. The maximum absolute atomic E-state index is 5.60. The lowest BCUT2D eigenvalue weighted by molar-refractivity contribution is 1.08. The molecule has 0 bridgehead atoms. The molecule has 1 rings (SSSR count). The predicted molar refractivity (Wildman–Crippen MR) is 47.4 cm³/mol. The molecule has 1 aromatic rings. The van der Waals surface area contributed by atoms with Gasteiger partial charge in [-0.05, 0) is 15.9 Å². The smallest absolute Gasteiger partial charge is 0.161 e. The Morgan fingerprint density at radius 3 is 2.80 bits per heavy atom. The highest BCUT2D eigenvalue weighted by molar-refractivity contribution is 9.10. The molecule has 0 unspecified atom stereocenters. The van der Waals surface area contributed by atoms with Gasteiger partial charge in [0, 0.05) is 5.33 Å². The molecule has 0 aliphatic carbocycles. The Hall–Kier alpha value is 0.330. The summed E-state index contributed by atoms with van der Waals surface area (Å²) < 4.78 is 0.589. The van der Waals surface area contributed by atoms with Crippen molar-refractivity contribution >= 4 is 43.5 Å². The summed E-state index contributed by atoms with van der Waals surface area (Å²) in [4.78, 5) is 7.94. The summed E-state index contributed by atoms with van der Waals surface area (Å²) >= 11 is 12.0. The SMILES string of the molecule is Clc1ncc(CBr)nc1Br. The van der Waals surface area contributed by atoms with Gasteiger partial charge in [0.25, 0.3) is 0 Å². The topological polar surface area (TPSA) is 25.8 Å². The maximum Gasteiger partial charge on any atom is 0.161 e. The van der Waals surface area contributed by atoms with Crippen LogP contribution in [0, 0.1) is 0 Å². The van der Waals surface area contributed by atoms with Crippen LogP contribution >= 0.6 is 43.5 Å². The van der Waals surface area contributed by atoms with Gasteiger partial charge in [-0.3, -0.25) is 0 Å². The Bertz CT molecular complexity index is 241. The minimum Gasteiger partial charge on any atom is -0.240 e. The molecular weight excluding hydrogens is 283 g/mol. The molecule has 0 aromatic carbocycles. The van der Waals surface area contributed by atoms with E-state index in [9.17, 15) is 0 Å². The predicted octanol–water partition coefficient (Wildman–Crippen LogP) is 2.79. The van der Waals surface area contributed by atoms with Gasteiger partial charge in [0.1, 0.15) is 4.60 Å². The first-order valence-corrected chi connectivity index (χ1v) is 4.76. The van der Waals surface area contributed by atoms with E-state index in [0.717, 1.165) is 5.69 Å². The van der Waals surface area contributed by atoms with E-state index in [4.69, 9.17) is 11.6 Å². The Morgan fingerprint density at radius 2 is 2.30 bits per heavy atom. The van der Waals surface area contributed by atoms with Crippen LogP contribution in [-0.2, 0) is 5.33 Å². The maximum atomic E-state index is 5.60. The van der Waals surface area contributed by atoms with E-state index in [1.54, 1.807) is 6.20 Å². The lowest BCUT2D eigenvalue weighted by Crippen LogP contribution is -1.88. The van der Waals surface area contributed by atoms with Crippen LogP contribution in [0.15, 0.2) is 10.8 Å². The molecular formula is C5H3Br2ClN2. The van der Waals surface area contributed by atoms with E-state index in [1.807, 2.05) is 0 Å². The van der Waals surface area contributed by atoms with Gasteiger partial charge in [-0.15, -0.1) is 0 Å². The second-order valence-corrected chi connectivity index (χ2v) is 3.25. The van der Waals surface area contributed by atoms with Crippen LogP contribution in [0.1, 0.15) is 5.69 Å². The standard InChI is InChI=1S/C5H3Br2ClN2/c6-1-3-2-9-5(8)4(7)10-3/h2H,1H2. The molecule has 0 radical (unpaired) electrons. The van der Waals surface area contributed by atoms with Gasteiger partial charge in [-0.1, -0.05) is 27.5 Å². The Morgan fingerprint density at radius 1 is 1.60 bits per heavy atom. The van der Waals surface area contributed by atoms with Crippen molar-refractivity contribution in [2.45, 2.75) is 5.33 Å². The van der Waals surface area contributed by atoms with Gasteiger partial charge < -0.3 is 0 Å². The van der Waals surface area contributed by atoms with E-state index in [-0.39, 0.29) is 0 Å². The van der Waals surface area contributed by atoms with Crippen molar-refractivity contribution in [3.05, 3.63) is 21.6 Å². The highest BCUT2D eigenvalue weighted by atomic mass is 79.9. The summed E-state index contributed by atoms with van der Waals surface area (Å²) in [6.07, 6.45) is 1.63. The Kier molecular flexibility index (Phi) is 3.07. The van der Waals surface area contributed by atoms with Crippen LogP contribution in [0.25, 0.3) is 0 Å². The molecule has 10 heavy (non-hydrogen) atoms. The molecule has 0 fully saturated rings. The van der Waals surface area contributed by atoms with Crippen molar-refractivity contribution in [1.29, 1.82) is 0 Å². The van der Waals surface area contributed by atoms with Crippen LogP contribution in [0.4, 0.5) is 0 Å². The van der Waals surface area contributed by atoms with Gasteiger partial charge in [0.15, 0.2) is 5.15 Å². The van der Waals surface area contributed by atoms with Gasteiger partial charge in [-0.2, -0.15) is 0 Å². The van der Waals surface area contributed by atoms with Crippen molar-refractivity contribution < 1.29 is 0 Å². The average Bonchev–Trinajstić information content (AvgIpc) is 1.95. The Labute approximate surface area is 80.3 Å². The van der Waals surface area contributed by atoms with E-state index in [2.05, 4.69) is 41.8 Å². The normalized spacial score (nSPS) is 9.90. The molecule has 54 valence electrons. The second-order valence-electron chi connectivity index (χ2n) is 1.58. The van der Waals surface area contributed by atoms with E-state index < -0.39 is 0 Å². The molecule has 0 aliphatic heterocycles. The molecule has 0 spiro atoms. The quantitative estimate of drug-likeness (QED) is 0.742. The molecule has 1 heterocycles. The molecule has 0 aliphatic rings. The number of hydrogen-bond acceptors (Lipinski definition) is 2. The fraction of sp³-hybridized carbons (Fsp3) is 0.200. The molecule has 0 saturated carbocycles. The number of nitrogens with zero attached hydrogens (tertiary/aromatic N) is 2. The van der Waals surface area contributed by atoms with Gasteiger partial charge in [0.2, 0.25) is 0 Å². The van der Waals surface area contributed by atoms with Crippen molar-refractivity contribution in [1.82, 2.24) is 9.97 Å². The third kappa shape index (κ3) is 1.90. The van der Waals surface area contributed by atoms with Crippen LogP contribution in [0.5, 0.6) is 0 Å². The first-order chi connectivity index (χ1) is 4.74. The molecule has 0 amide bonds. The number of alkyl halides is 1. The zero-order valence-corrected chi connectivity index (χ0v) is 8.74. The first kappa shape index (κ1) is 8.43. The summed E-state index contributed by atoms with van der Waals surface area (Å²) in [5.41, 5.74) is 0.858. The van der Waals surface area contributed by atoms with Crippen molar-refractivity contribution in [3.63, 3.8) is 0 Å². The molecule has 0 N–H and O–H groups in total. The van der Waals surface area contributed by atoms with Crippen LogP contribution in [0.3, 0.4) is 0 Å². The van der Waals surface area contributed by atoms with Crippen molar-refractivity contribution in [2.75, 3.05) is 0 Å². The first-order valence-electron chi connectivity index (χ1n) is 2.47. The monoisotopic (exact) mass is 284 g/mol. The summed E-state index contributed by atoms with van der Waals surface area (Å²) in [5, 5.41) is 1.08. The van der Waals surface area contributed by atoms with Gasteiger partial charge in [-0.25, -0.2) is 9.97 Å². The summed E-state index contributed by atoms with van der Waals surface area (Å²) in [5.74, 6) is 0.